The Morgan fingerprint density at radius 1 is 1.15 bits per heavy atom. The highest BCUT2D eigenvalue weighted by atomic mass is 32.2. The number of amides is 1. The lowest BCUT2D eigenvalue weighted by atomic mass is 10.0. The molecule has 1 N–H and O–H groups in total. The number of anilines is 1. The summed E-state index contributed by atoms with van der Waals surface area (Å²) in [5.74, 6) is -0.216. The van der Waals surface area contributed by atoms with Crippen molar-refractivity contribution < 1.29 is 23.1 Å². The highest BCUT2D eigenvalue weighted by Gasteiger charge is 2.37. The standard InChI is InChI=1S/C28H29N5O5S/c1-4-24-31-25-17(3)14-22(28(35)38-5-2)30-26(25)32(24)16-18-6-8-19(9-7-18)21-12-13-29-15-23(21)33(39(36)37)27(34)20-10-11-20/h6-9,12-15,20H,4-5,10-11,16H2,1-3H3,(H,36,37). The molecule has 1 fully saturated rings. The Morgan fingerprint density at radius 3 is 2.54 bits per heavy atom. The second kappa shape index (κ2) is 11.0. The second-order valence-corrected chi connectivity index (χ2v) is 10.2. The number of carbonyl (C=O) groups excluding carboxylic acids is 2. The van der Waals surface area contributed by atoms with E-state index in [-0.39, 0.29) is 24.1 Å². The summed E-state index contributed by atoms with van der Waals surface area (Å²) >= 11 is -2.51. The summed E-state index contributed by atoms with van der Waals surface area (Å²) < 4.78 is 30.1. The van der Waals surface area contributed by atoms with Crippen LogP contribution in [-0.4, -0.2) is 46.8 Å². The number of hydrogen-bond acceptors (Lipinski definition) is 7. The highest BCUT2D eigenvalue weighted by molar-refractivity contribution is 7.81. The fourth-order valence-electron chi connectivity index (χ4n) is 4.57. The number of fused-ring (bicyclic) bond motifs is 1. The third kappa shape index (κ3) is 5.32. The molecule has 1 aliphatic carbocycles. The average molecular weight is 548 g/mol. The van der Waals surface area contributed by atoms with E-state index in [1.54, 1.807) is 25.3 Å². The lowest BCUT2D eigenvalue weighted by molar-refractivity contribution is -0.118. The highest BCUT2D eigenvalue weighted by Crippen LogP contribution is 2.37. The van der Waals surface area contributed by atoms with Crippen molar-refractivity contribution in [1.82, 2.24) is 19.5 Å². The van der Waals surface area contributed by atoms with Gasteiger partial charge in [0.2, 0.25) is 5.91 Å². The van der Waals surface area contributed by atoms with E-state index in [1.807, 2.05) is 42.7 Å². The normalized spacial score (nSPS) is 13.8. The second-order valence-electron chi connectivity index (χ2n) is 9.41. The maximum atomic E-state index is 12.8. The largest absolute Gasteiger partial charge is 0.461 e. The fraction of sp³-hybridized carbons (Fsp3) is 0.321. The van der Waals surface area contributed by atoms with Crippen LogP contribution in [0.25, 0.3) is 22.3 Å². The minimum Gasteiger partial charge on any atom is -0.461 e. The Morgan fingerprint density at radius 2 is 1.90 bits per heavy atom. The third-order valence-corrected chi connectivity index (χ3v) is 7.37. The molecule has 1 aliphatic rings. The van der Waals surface area contributed by atoms with Gasteiger partial charge >= 0.3 is 5.97 Å². The number of esters is 1. The summed E-state index contributed by atoms with van der Waals surface area (Å²) in [7, 11) is 0. The van der Waals surface area contributed by atoms with Crippen molar-refractivity contribution in [3.05, 3.63) is 71.4 Å². The van der Waals surface area contributed by atoms with E-state index < -0.39 is 17.2 Å². The average Bonchev–Trinajstić information content (AvgIpc) is 3.72. The van der Waals surface area contributed by atoms with Crippen molar-refractivity contribution in [2.75, 3.05) is 10.9 Å². The molecule has 4 aromatic rings. The summed E-state index contributed by atoms with van der Waals surface area (Å²) in [6.07, 6.45) is 5.15. The number of carbonyl (C=O) groups is 2. The molecular formula is C28H29N5O5S. The molecule has 0 saturated heterocycles. The predicted molar refractivity (Wildman–Crippen MR) is 147 cm³/mol. The molecule has 5 rings (SSSR count). The molecule has 0 spiro atoms. The zero-order valence-electron chi connectivity index (χ0n) is 22.0. The molecule has 1 amide bonds. The van der Waals surface area contributed by atoms with E-state index in [1.165, 1.54) is 6.20 Å². The summed E-state index contributed by atoms with van der Waals surface area (Å²) in [5.41, 5.74) is 5.14. The van der Waals surface area contributed by atoms with E-state index in [0.717, 1.165) is 45.2 Å². The van der Waals surface area contributed by atoms with E-state index in [4.69, 9.17) is 9.72 Å². The van der Waals surface area contributed by atoms with E-state index in [9.17, 15) is 18.4 Å². The molecule has 0 aliphatic heterocycles. The van der Waals surface area contributed by atoms with Gasteiger partial charge < -0.3 is 9.30 Å². The number of rotatable bonds is 9. The molecule has 10 nitrogen and oxygen atoms in total. The van der Waals surface area contributed by atoms with Crippen molar-refractivity contribution in [2.24, 2.45) is 5.92 Å². The van der Waals surface area contributed by atoms with Crippen molar-refractivity contribution in [1.29, 1.82) is 0 Å². The SMILES string of the molecule is CCOC(=O)c1cc(C)c2nc(CC)n(Cc3ccc(-c4ccncc4N(C(=O)C4CC4)S(=O)O)cc3)c2n1. The minimum atomic E-state index is -2.51. The van der Waals surface area contributed by atoms with Gasteiger partial charge in [-0.3, -0.25) is 14.3 Å². The molecule has 3 heterocycles. The lowest BCUT2D eigenvalue weighted by Crippen LogP contribution is -2.34. The van der Waals surface area contributed by atoms with Crippen molar-refractivity contribution in [3.63, 3.8) is 0 Å². The Kier molecular flexibility index (Phi) is 7.53. The zero-order valence-corrected chi connectivity index (χ0v) is 22.8. The van der Waals surface area contributed by atoms with Crippen LogP contribution in [0, 0.1) is 12.8 Å². The van der Waals surface area contributed by atoms with Gasteiger partial charge in [0, 0.05) is 24.1 Å². The molecule has 0 radical (unpaired) electrons. The Hall–Kier alpha value is -3.96. The van der Waals surface area contributed by atoms with Crippen LogP contribution in [0.2, 0.25) is 0 Å². The van der Waals surface area contributed by atoms with Gasteiger partial charge in [-0.15, -0.1) is 0 Å². The molecule has 202 valence electrons. The Labute approximate surface area is 228 Å². The monoisotopic (exact) mass is 547 g/mol. The van der Waals surface area contributed by atoms with Crippen LogP contribution in [0.3, 0.4) is 0 Å². The van der Waals surface area contributed by atoms with Crippen LogP contribution in [-0.2, 0) is 33.8 Å². The molecule has 1 unspecified atom stereocenters. The third-order valence-electron chi connectivity index (χ3n) is 6.68. The number of pyridine rings is 2. The first-order valence-electron chi connectivity index (χ1n) is 12.8. The topological polar surface area (TPSA) is 128 Å². The number of aryl methyl sites for hydroxylation is 2. The number of nitrogens with zero attached hydrogens (tertiary/aromatic N) is 5. The van der Waals surface area contributed by atoms with Crippen LogP contribution < -0.4 is 4.31 Å². The lowest BCUT2D eigenvalue weighted by Gasteiger charge is -2.20. The van der Waals surface area contributed by atoms with Gasteiger partial charge in [0.1, 0.15) is 11.3 Å². The molecule has 0 bridgehead atoms. The number of benzene rings is 1. The minimum absolute atomic E-state index is 0.226. The molecule has 1 saturated carbocycles. The molecule has 1 aromatic carbocycles. The Bertz CT molecular complexity index is 1580. The molecule has 3 aromatic heterocycles. The number of hydrogen-bond donors (Lipinski definition) is 1. The van der Waals surface area contributed by atoms with Gasteiger partial charge in [0.25, 0.3) is 11.3 Å². The molecule has 1 atom stereocenters. The first kappa shape index (κ1) is 26.6. The van der Waals surface area contributed by atoms with Crippen LogP contribution in [0.4, 0.5) is 5.69 Å². The molecule has 39 heavy (non-hydrogen) atoms. The van der Waals surface area contributed by atoms with Gasteiger partial charge in [-0.05, 0) is 55.5 Å². The van der Waals surface area contributed by atoms with Gasteiger partial charge in [-0.1, -0.05) is 31.2 Å². The molecular weight excluding hydrogens is 518 g/mol. The van der Waals surface area contributed by atoms with Gasteiger partial charge in [0.15, 0.2) is 11.3 Å². The van der Waals surface area contributed by atoms with Crippen LogP contribution in [0.1, 0.15) is 54.1 Å². The number of imidazole rings is 1. The maximum Gasteiger partial charge on any atom is 0.357 e. The number of ether oxygens (including phenoxy) is 1. The van der Waals surface area contributed by atoms with Crippen LogP contribution in [0.5, 0.6) is 0 Å². The summed E-state index contributed by atoms with van der Waals surface area (Å²) in [6, 6.07) is 11.1. The summed E-state index contributed by atoms with van der Waals surface area (Å²) in [5, 5.41) is 0. The maximum absolute atomic E-state index is 12.8. The quantitative estimate of drug-likeness (QED) is 0.240. The van der Waals surface area contributed by atoms with Crippen LogP contribution in [0.15, 0.2) is 48.8 Å². The first-order chi connectivity index (χ1) is 18.8. The van der Waals surface area contributed by atoms with Crippen LogP contribution >= 0.6 is 0 Å². The van der Waals surface area contributed by atoms with Crippen molar-refractivity contribution in [2.45, 2.75) is 46.6 Å². The molecule has 11 heteroatoms. The zero-order chi connectivity index (χ0) is 27.7. The first-order valence-corrected chi connectivity index (χ1v) is 13.9. The Balaban J connectivity index is 1.48. The van der Waals surface area contributed by atoms with E-state index in [2.05, 4.69) is 9.97 Å². The van der Waals surface area contributed by atoms with Gasteiger partial charge in [0.05, 0.1) is 25.0 Å². The number of aromatic nitrogens is 4. The van der Waals surface area contributed by atoms with E-state index >= 15 is 0 Å². The van der Waals surface area contributed by atoms with Gasteiger partial charge in [-0.2, -0.15) is 0 Å². The van der Waals surface area contributed by atoms with Crippen molar-refractivity contribution >= 4 is 40.0 Å². The van der Waals surface area contributed by atoms with E-state index in [0.29, 0.717) is 29.9 Å². The van der Waals surface area contributed by atoms with Crippen molar-refractivity contribution in [3.8, 4) is 11.1 Å². The predicted octanol–water partition coefficient (Wildman–Crippen LogP) is 4.47. The fourth-order valence-corrected chi connectivity index (χ4v) is 5.19. The van der Waals surface area contributed by atoms with Gasteiger partial charge in [-0.25, -0.2) is 23.3 Å². The summed E-state index contributed by atoms with van der Waals surface area (Å²) in [6.45, 7) is 6.43. The summed E-state index contributed by atoms with van der Waals surface area (Å²) in [4.78, 5) is 38.6. The smallest absolute Gasteiger partial charge is 0.357 e.